The van der Waals surface area contributed by atoms with E-state index in [-0.39, 0.29) is 16.3 Å². The molecular formula is C23H23FN2O4S. The van der Waals surface area contributed by atoms with Crippen molar-refractivity contribution in [1.82, 2.24) is 0 Å². The molecule has 0 unspecified atom stereocenters. The van der Waals surface area contributed by atoms with Gasteiger partial charge in [-0.3, -0.25) is 9.10 Å². The lowest BCUT2D eigenvalue weighted by Gasteiger charge is -2.25. The summed E-state index contributed by atoms with van der Waals surface area (Å²) in [6.45, 7) is 3.09. The van der Waals surface area contributed by atoms with Crippen molar-refractivity contribution in [2.45, 2.75) is 18.7 Å². The van der Waals surface area contributed by atoms with Crippen molar-refractivity contribution in [1.29, 1.82) is 0 Å². The van der Waals surface area contributed by atoms with E-state index in [0.29, 0.717) is 11.3 Å². The van der Waals surface area contributed by atoms with Gasteiger partial charge in [0.15, 0.2) is 0 Å². The monoisotopic (exact) mass is 442 g/mol. The molecule has 1 N–H and O–H groups in total. The number of para-hydroxylation sites is 1. The van der Waals surface area contributed by atoms with Crippen molar-refractivity contribution in [3.05, 3.63) is 83.7 Å². The fourth-order valence-electron chi connectivity index (χ4n) is 3.06. The lowest BCUT2D eigenvalue weighted by Crippen LogP contribution is -2.38. The van der Waals surface area contributed by atoms with Crippen molar-refractivity contribution in [3.63, 3.8) is 0 Å². The molecule has 6 nitrogen and oxygen atoms in total. The Balaban J connectivity index is 2.03. The second kappa shape index (κ2) is 9.18. The molecule has 0 aliphatic carbocycles. The lowest BCUT2D eigenvalue weighted by atomic mass is 10.2. The summed E-state index contributed by atoms with van der Waals surface area (Å²) >= 11 is 0. The number of sulfonamides is 1. The number of nitrogens with zero attached hydrogens (tertiary/aromatic N) is 1. The Labute approximate surface area is 181 Å². The van der Waals surface area contributed by atoms with Crippen molar-refractivity contribution < 1.29 is 22.3 Å². The maximum absolute atomic E-state index is 13.6. The lowest BCUT2D eigenvalue weighted by molar-refractivity contribution is -0.114. The Morgan fingerprint density at radius 2 is 1.71 bits per heavy atom. The summed E-state index contributed by atoms with van der Waals surface area (Å²) in [5.41, 5.74) is 2.29. The average Bonchev–Trinajstić information content (AvgIpc) is 2.74. The van der Waals surface area contributed by atoms with Gasteiger partial charge in [0.05, 0.1) is 12.8 Å². The number of hydrogen-bond acceptors (Lipinski definition) is 4. The number of carbonyl (C=O) groups excluding carboxylic acids is 1. The van der Waals surface area contributed by atoms with Crippen LogP contribution in [0.5, 0.6) is 5.75 Å². The van der Waals surface area contributed by atoms with Crippen LogP contribution < -0.4 is 14.4 Å². The van der Waals surface area contributed by atoms with Crippen molar-refractivity contribution in [2.24, 2.45) is 0 Å². The van der Waals surface area contributed by atoms with Crippen LogP contribution in [0.1, 0.15) is 11.1 Å². The summed E-state index contributed by atoms with van der Waals surface area (Å²) in [5, 5.41) is 2.73. The van der Waals surface area contributed by atoms with Crippen LogP contribution in [0.25, 0.3) is 0 Å². The number of anilines is 2. The number of nitrogens with one attached hydrogen (secondary N) is 1. The molecular weight excluding hydrogens is 419 g/mol. The van der Waals surface area contributed by atoms with Crippen LogP contribution in [-0.2, 0) is 14.8 Å². The molecule has 31 heavy (non-hydrogen) atoms. The molecule has 0 saturated heterocycles. The average molecular weight is 443 g/mol. The van der Waals surface area contributed by atoms with Gasteiger partial charge in [-0.2, -0.15) is 0 Å². The molecule has 0 heterocycles. The van der Waals surface area contributed by atoms with Gasteiger partial charge in [0, 0.05) is 5.69 Å². The number of halogens is 1. The summed E-state index contributed by atoms with van der Waals surface area (Å²) in [6.07, 6.45) is 0. The van der Waals surface area contributed by atoms with Gasteiger partial charge in [-0.25, -0.2) is 12.8 Å². The molecule has 0 fully saturated rings. The Hall–Kier alpha value is -3.39. The maximum Gasteiger partial charge on any atom is 0.268 e. The van der Waals surface area contributed by atoms with Crippen LogP contribution >= 0.6 is 0 Å². The van der Waals surface area contributed by atoms with Crippen molar-refractivity contribution >= 4 is 27.3 Å². The number of amides is 1. The summed E-state index contributed by atoms with van der Waals surface area (Å²) in [7, 11) is -2.83. The molecule has 0 bridgehead atoms. The van der Waals surface area contributed by atoms with Gasteiger partial charge in [-0.1, -0.05) is 24.3 Å². The molecule has 3 aromatic rings. The summed E-state index contributed by atoms with van der Waals surface area (Å²) < 4.78 is 46.8. The fraction of sp³-hybridized carbons (Fsp3) is 0.174. The summed E-state index contributed by atoms with van der Waals surface area (Å²) in [5.74, 6) is -0.899. The quantitative estimate of drug-likeness (QED) is 0.592. The molecule has 3 aromatic carbocycles. The van der Waals surface area contributed by atoms with Crippen LogP contribution in [0.3, 0.4) is 0 Å². The molecule has 0 aromatic heterocycles. The third-order valence-corrected chi connectivity index (χ3v) is 6.50. The third kappa shape index (κ3) is 5.03. The van der Waals surface area contributed by atoms with Gasteiger partial charge < -0.3 is 10.1 Å². The van der Waals surface area contributed by atoms with E-state index in [0.717, 1.165) is 22.0 Å². The highest BCUT2D eigenvalue weighted by atomic mass is 32.2. The van der Waals surface area contributed by atoms with Gasteiger partial charge in [-0.05, 0) is 67.4 Å². The number of rotatable bonds is 7. The fourth-order valence-corrected chi connectivity index (χ4v) is 4.72. The molecule has 3 rings (SSSR count). The number of benzene rings is 3. The zero-order valence-corrected chi connectivity index (χ0v) is 18.2. The van der Waals surface area contributed by atoms with Crippen molar-refractivity contribution in [3.8, 4) is 5.75 Å². The first-order valence-corrected chi connectivity index (χ1v) is 10.9. The van der Waals surface area contributed by atoms with Gasteiger partial charge >= 0.3 is 0 Å². The highest BCUT2D eigenvalue weighted by Gasteiger charge is 2.30. The highest BCUT2D eigenvalue weighted by Crippen LogP contribution is 2.31. The minimum Gasteiger partial charge on any atom is -0.495 e. The minimum absolute atomic E-state index is 0.0805. The van der Waals surface area contributed by atoms with Crippen LogP contribution in [0.2, 0.25) is 0 Å². The molecule has 8 heteroatoms. The molecule has 1 amide bonds. The van der Waals surface area contributed by atoms with Crippen molar-refractivity contribution in [2.75, 3.05) is 23.3 Å². The second-order valence-corrected chi connectivity index (χ2v) is 8.84. The smallest absolute Gasteiger partial charge is 0.268 e. The van der Waals surface area contributed by atoms with Gasteiger partial charge in [-0.15, -0.1) is 0 Å². The van der Waals surface area contributed by atoms with E-state index in [1.165, 1.54) is 25.3 Å². The zero-order chi connectivity index (χ0) is 22.6. The Morgan fingerprint density at radius 3 is 2.35 bits per heavy atom. The zero-order valence-electron chi connectivity index (χ0n) is 17.4. The topological polar surface area (TPSA) is 75.7 Å². The molecule has 0 saturated carbocycles. The van der Waals surface area contributed by atoms with Gasteiger partial charge in [0.1, 0.15) is 23.0 Å². The number of ether oxygens (including phenoxy) is 1. The van der Waals surface area contributed by atoms with Crippen LogP contribution in [-0.4, -0.2) is 28.0 Å². The normalized spacial score (nSPS) is 11.1. The molecule has 0 spiro atoms. The minimum atomic E-state index is -4.20. The summed E-state index contributed by atoms with van der Waals surface area (Å²) in [4.78, 5) is 12.7. The number of aryl methyl sites for hydroxylation is 2. The van der Waals surface area contributed by atoms with E-state index in [2.05, 4.69) is 5.32 Å². The van der Waals surface area contributed by atoms with Gasteiger partial charge in [0.2, 0.25) is 5.91 Å². The van der Waals surface area contributed by atoms with Crippen LogP contribution in [0.4, 0.5) is 15.8 Å². The Kier molecular flexibility index (Phi) is 6.60. The molecule has 0 radical (unpaired) electrons. The van der Waals surface area contributed by atoms with E-state index >= 15 is 0 Å². The van der Waals surface area contributed by atoms with E-state index in [1.807, 2.05) is 19.1 Å². The third-order valence-electron chi connectivity index (χ3n) is 4.71. The van der Waals surface area contributed by atoms with E-state index < -0.39 is 28.3 Å². The number of hydrogen-bond donors (Lipinski definition) is 1. The predicted octanol–water partition coefficient (Wildman–Crippen LogP) is 4.29. The maximum atomic E-state index is 13.6. The first-order chi connectivity index (χ1) is 14.7. The Bertz CT molecular complexity index is 1190. The largest absolute Gasteiger partial charge is 0.495 e. The van der Waals surface area contributed by atoms with E-state index in [1.54, 1.807) is 31.2 Å². The number of carbonyl (C=O) groups is 1. The van der Waals surface area contributed by atoms with Crippen LogP contribution in [0.15, 0.2) is 71.6 Å². The SMILES string of the molecule is COc1ccc(C)cc1S(=O)(=O)N(CC(=O)Nc1ccccc1C)c1ccc(F)cc1. The molecule has 162 valence electrons. The predicted molar refractivity (Wildman–Crippen MR) is 118 cm³/mol. The first kappa shape index (κ1) is 22.3. The molecule has 0 aliphatic rings. The van der Waals surface area contributed by atoms with E-state index in [4.69, 9.17) is 4.74 Å². The standard InChI is InChI=1S/C23H23FN2O4S/c1-16-8-13-21(30-3)22(14-16)31(28,29)26(19-11-9-18(24)10-12-19)15-23(27)25-20-7-5-4-6-17(20)2/h4-14H,15H2,1-3H3,(H,25,27). The summed E-state index contributed by atoms with van der Waals surface area (Å²) in [6, 6.07) is 16.9. The van der Waals surface area contributed by atoms with E-state index in [9.17, 15) is 17.6 Å². The first-order valence-electron chi connectivity index (χ1n) is 9.51. The molecule has 0 aliphatic heterocycles. The second-order valence-electron chi connectivity index (χ2n) is 7.01. The highest BCUT2D eigenvalue weighted by molar-refractivity contribution is 7.93. The Morgan fingerprint density at radius 1 is 1.03 bits per heavy atom. The molecule has 0 atom stereocenters. The van der Waals surface area contributed by atoms with Gasteiger partial charge in [0.25, 0.3) is 10.0 Å². The van der Waals surface area contributed by atoms with Crippen LogP contribution in [0, 0.1) is 19.7 Å². The number of methoxy groups -OCH3 is 1.